The van der Waals surface area contributed by atoms with Gasteiger partial charge < -0.3 is 4.98 Å². The molecule has 0 saturated carbocycles. The lowest BCUT2D eigenvalue weighted by Gasteiger charge is -2.01. The normalized spacial score (nSPS) is 10.6. The maximum absolute atomic E-state index is 4.02. The van der Waals surface area contributed by atoms with Crippen LogP contribution in [-0.2, 0) is 12.8 Å². The topological polar surface area (TPSA) is 28.7 Å². The average Bonchev–Trinajstić information content (AvgIpc) is 2.84. The summed E-state index contributed by atoms with van der Waals surface area (Å²) in [4.78, 5) is 7.16. The highest BCUT2D eigenvalue weighted by Gasteiger charge is 1.96. The zero-order valence-corrected chi connectivity index (χ0v) is 12.0. The quantitative estimate of drug-likeness (QED) is 0.626. The molecule has 0 bridgehead atoms. The molecule has 1 aromatic heterocycles. The highest BCUT2D eigenvalue weighted by molar-refractivity contribution is 14.1. The molecule has 1 aromatic carbocycles. The van der Waals surface area contributed by atoms with Crippen molar-refractivity contribution in [2.24, 2.45) is 0 Å². The summed E-state index contributed by atoms with van der Waals surface area (Å²) in [5, 5.41) is 0. The van der Waals surface area contributed by atoms with Crippen LogP contribution in [0.1, 0.15) is 30.5 Å². The fourth-order valence-electron chi connectivity index (χ4n) is 1.89. The number of aromatic amines is 1. The molecule has 0 aliphatic heterocycles. The van der Waals surface area contributed by atoms with E-state index in [-0.39, 0.29) is 0 Å². The lowest BCUT2D eigenvalue weighted by Crippen LogP contribution is -1.89. The van der Waals surface area contributed by atoms with Gasteiger partial charge in [0, 0.05) is 15.5 Å². The summed E-state index contributed by atoms with van der Waals surface area (Å²) in [5.74, 6) is 0. The van der Waals surface area contributed by atoms with E-state index in [2.05, 4.69) is 56.8 Å². The molecule has 0 radical (unpaired) electrons. The minimum Gasteiger partial charge on any atom is -0.348 e. The minimum atomic E-state index is 1.12. The molecule has 0 aliphatic carbocycles. The van der Waals surface area contributed by atoms with Crippen LogP contribution in [0.5, 0.6) is 0 Å². The Morgan fingerprint density at radius 1 is 1.00 bits per heavy atom. The third-order valence-corrected chi connectivity index (χ3v) is 3.60. The largest absolute Gasteiger partial charge is 0.348 e. The molecule has 0 aliphatic rings. The number of aromatic nitrogens is 2. The standard InChI is InChI=1S/C14H17IN2/c15-13-8-6-12(7-9-13)4-2-1-3-5-14-10-16-11-17-14/h6-11H,1-5H2,(H,16,17). The molecule has 90 valence electrons. The average molecular weight is 340 g/mol. The first-order valence-electron chi connectivity index (χ1n) is 6.06. The van der Waals surface area contributed by atoms with Gasteiger partial charge in [0.05, 0.1) is 6.33 Å². The highest BCUT2D eigenvalue weighted by atomic mass is 127. The molecule has 2 aromatic rings. The lowest BCUT2D eigenvalue weighted by atomic mass is 10.1. The second-order valence-electron chi connectivity index (χ2n) is 4.26. The number of hydrogen-bond donors (Lipinski definition) is 1. The van der Waals surface area contributed by atoms with Gasteiger partial charge in [0.15, 0.2) is 0 Å². The molecule has 2 rings (SSSR count). The van der Waals surface area contributed by atoms with E-state index in [0.29, 0.717) is 0 Å². The Balaban J connectivity index is 1.61. The molecule has 0 unspecified atom stereocenters. The van der Waals surface area contributed by atoms with Crippen molar-refractivity contribution in [3.05, 3.63) is 51.6 Å². The number of aryl methyl sites for hydroxylation is 2. The Bertz CT molecular complexity index is 420. The fourth-order valence-corrected chi connectivity index (χ4v) is 2.25. The van der Waals surface area contributed by atoms with E-state index in [9.17, 15) is 0 Å². The molecule has 0 fully saturated rings. The zero-order valence-electron chi connectivity index (χ0n) is 9.82. The molecule has 2 nitrogen and oxygen atoms in total. The summed E-state index contributed by atoms with van der Waals surface area (Å²) in [6.07, 6.45) is 9.78. The molecule has 0 atom stereocenters. The summed E-state index contributed by atoms with van der Waals surface area (Å²) < 4.78 is 1.31. The first-order chi connectivity index (χ1) is 8.34. The Kier molecular flexibility index (Phi) is 5.04. The molecule has 1 N–H and O–H groups in total. The third kappa shape index (κ3) is 4.50. The van der Waals surface area contributed by atoms with E-state index in [1.807, 2.05) is 6.20 Å². The van der Waals surface area contributed by atoms with Gasteiger partial charge in [-0.2, -0.15) is 0 Å². The smallest absolute Gasteiger partial charge is 0.0921 e. The van der Waals surface area contributed by atoms with Crippen molar-refractivity contribution in [1.82, 2.24) is 9.97 Å². The highest BCUT2D eigenvalue weighted by Crippen LogP contribution is 2.11. The number of hydrogen-bond acceptors (Lipinski definition) is 1. The summed E-state index contributed by atoms with van der Waals surface area (Å²) in [7, 11) is 0. The van der Waals surface area contributed by atoms with Crippen molar-refractivity contribution in [1.29, 1.82) is 0 Å². The van der Waals surface area contributed by atoms with Crippen molar-refractivity contribution in [3.63, 3.8) is 0 Å². The van der Waals surface area contributed by atoms with E-state index < -0.39 is 0 Å². The predicted octanol–water partition coefficient (Wildman–Crippen LogP) is 3.97. The van der Waals surface area contributed by atoms with Crippen LogP contribution in [0, 0.1) is 3.57 Å². The van der Waals surface area contributed by atoms with E-state index in [4.69, 9.17) is 0 Å². The Labute approximate surface area is 116 Å². The number of imidazole rings is 1. The molecular weight excluding hydrogens is 323 g/mol. The summed E-state index contributed by atoms with van der Waals surface area (Å²) in [5.41, 5.74) is 2.70. The molecule has 1 heterocycles. The Hall–Kier alpha value is -0.840. The van der Waals surface area contributed by atoms with Gasteiger partial charge in [0.25, 0.3) is 0 Å². The first-order valence-corrected chi connectivity index (χ1v) is 7.14. The van der Waals surface area contributed by atoms with Crippen molar-refractivity contribution in [2.45, 2.75) is 32.1 Å². The van der Waals surface area contributed by atoms with Crippen LogP contribution in [0.15, 0.2) is 36.8 Å². The Morgan fingerprint density at radius 2 is 1.76 bits per heavy atom. The van der Waals surface area contributed by atoms with Gasteiger partial charge in [0.1, 0.15) is 0 Å². The van der Waals surface area contributed by atoms with Crippen LogP contribution in [0.3, 0.4) is 0 Å². The van der Waals surface area contributed by atoms with Gasteiger partial charge in [-0.25, -0.2) is 4.98 Å². The SMILES string of the molecule is Ic1ccc(CCCCCc2cnc[nH]2)cc1. The summed E-state index contributed by atoms with van der Waals surface area (Å²) in [6, 6.07) is 8.83. The van der Waals surface area contributed by atoms with Gasteiger partial charge in [-0.1, -0.05) is 18.6 Å². The van der Waals surface area contributed by atoms with Crippen LogP contribution in [-0.4, -0.2) is 9.97 Å². The second kappa shape index (κ2) is 6.79. The fraction of sp³-hybridized carbons (Fsp3) is 0.357. The van der Waals surface area contributed by atoms with Gasteiger partial charge >= 0.3 is 0 Å². The lowest BCUT2D eigenvalue weighted by molar-refractivity contribution is 0.673. The summed E-state index contributed by atoms with van der Waals surface area (Å²) in [6.45, 7) is 0. The molecule has 0 spiro atoms. The number of rotatable bonds is 6. The van der Waals surface area contributed by atoms with Crippen LogP contribution < -0.4 is 0 Å². The number of nitrogens with one attached hydrogen (secondary N) is 1. The van der Waals surface area contributed by atoms with E-state index in [0.717, 1.165) is 6.42 Å². The number of H-pyrrole nitrogens is 1. The number of benzene rings is 1. The molecule has 3 heteroatoms. The van der Waals surface area contributed by atoms with Gasteiger partial charge in [0.2, 0.25) is 0 Å². The van der Waals surface area contributed by atoms with Crippen molar-refractivity contribution in [3.8, 4) is 0 Å². The van der Waals surface area contributed by atoms with Crippen molar-refractivity contribution < 1.29 is 0 Å². The van der Waals surface area contributed by atoms with E-state index >= 15 is 0 Å². The number of halogens is 1. The maximum Gasteiger partial charge on any atom is 0.0921 e. The first kappa shape index (κ1) is 12.6. The van der Waals surface area contributed by atoms with E-state index in [1.165, 1.54) is 40.5 Å². The van der Waals surface area contributed by atoms with Crippen LogP contribution in [0.25, 0.3) is 0 Å². The zero-order chi connectivity index (χ0) is 11.9. The van der Waals surface area contributed by atoms with E-state index in [1.54, 1.807) is 6.33 Å². The number of unbranched alkanes of at least 4 members (excludes halogenated alkanes) is 2. The van der Waals surface area contributed by atoms with Crippen molar-refractivity contribution in [2.75, 3.05) is 0 Å². The molecular formula is C14H17IN2. The second-order valence-corrected chi connectivity index (χ2v) is 5.51. The van der Waals surface area contributed by atoms with Gasteiger partial charge in [-0.15, -0.1) is 0 Å². The molecule has 0 amide bonds. The van der Waals surface area contributed by atoms with Crippen LogP contribution >= 0.6 is 22.6 Å². The van der Waals surface area contributed by atoms with Crippen LogP contribution in [0.2, 0.25) is 0 Å². The molecule has 0 saturated heterocycles. The van der Waals surface area contributed by atoms with Crippen LogP contribution in [0.4, 0.5) is 0 Å². The maximum atomic E-state index is 4.02. The third-order valence-electron chi connectivity index (χ3n) is 2.88. The Morgan fingerprint density at radius 3 is 2.47 bits per heavy atom. The van der Waals surface area contributed by atoms with Gasteiger partial charge in [-0.05, 0) is 66.0 Å². The molecule has 17 heavy (non-hydrogen) atoms. The number of nitrogens with zero attached hydrogens (tertiary/aromatic N) is 1. The van der Waals surface area contributed by atoms with Crippen molar-refractivity contribution >= 4 is 22.6 Å². The minimum absolute atomic E-state index is 1.12. The van der Waals surface area contributed by atoms with Gasteiger partial charge in [-0.3, -0.25) is 0 Å². The predicted molar refractivity (Wildman–Crippen MR) is 79.0 cm³/mol. The monoisotopic (exact) mass is 340 g/mol. The summed E-state index contributed by atoms with van der Waals surface area (Å²) >= 11 is 2.34.